The number of ether oxygens (including phenoxy) is 1. The molecule has 1 aromatic carbocycles. The van der Waals surface area contributed by atoms with E-state index in [1.807, 2.05) is 12.1 Å². The zero-order valence-corrected chi connectivity index (χ0v) is 17.1. The quantitative estimate of drug-likeness (QED) is 0.520. The lowest BCUT2D eigenvalue weighted by molar-refractivity contribution is -0.117. The van der Waals surface area contributed by atoms with Gasteiger partial charge in [-0.2, -0.15) is 0 Å². The third-order valence-electron chi connectivity index (χ3n) is 4.79. The molecule has 2 aromatic rings. The van der Waals surface area contributed by atoms with Crippen molar-refractivity contribution in [3.63, 3.8) is 0 Å². The van der Waals surface area contributed by atoms with Gasteiger partial charge in [-0.05, 0) is 31.4 Å². The van der Waals surface area contributed by atoms with Crippen LogP contribution in [0.1, 0.15) is 36.0 Å². The molecule has 0 spiro atoms. The van der Waals surface area contributed by atoms with Crippen LogP contribution in [0.4, 0.5) is 10.8 Å². The number of carbonyl (C=O) groups is 2. The Bertz CT molecular complexity index is 851. The molecule has 1 N–H and O–H groups in total. The van der Waals surface area contributed by atoms with Crippen LogP contribution in [0.25, 0.3) is 0 Å². The highest BCUT2D eigenvalue weighted by Crippen LogP contribution is 2.27. The smallest absolute Gasteiger partial charge is 0.227 e. The van der Waals surface area contributed by atoms with Gasteiger partial charge in [0.25, 0.3) is 0 Å². The molecule has 0 aliphatic carbocycles. The largest absolute Gasteiger partial charge is 0.376 e. The topological polar surface area (TPSA) is 84.4 Å². The van der Waals surface area contributed by atoms with Gasteiger partial charge >= 0.3 is 0 Å². The number of hydrogen-bond acceptors (Lipinski definition) is 8. The van der Waals surface area contributed by atoms with Crippen LogP contribution in [0.3, 0.4) is 0 Å². The van der Waals surface area contributed by atoms with E-state index in [1.54, 1.807) is 17.0 Å². The van der Waals surface area contributed by atoms with Crippen molar-refractivity contribution < 1.29 is 14.3 Å². The normalized spacial score (nSPS) is 19.4. The first-order valence-corrected chi connectivity index (χ1v) is 11.2. The lowest BCUT2D eigenvalue weighted by Gasteiger charge is -2.16. The summed E-state index contributed by atoms with van der Waals surface area (Å²) >= 11 is 2.83. The van der Waals surface area contributed by atoms with Crippen LogP contribution in [-0.4, -0.2) is 53.4 Å². The van der Waals surface area contributed by atoms with Gasteiger partial charge in [0.1, 0.15) is 0 Å². The number of carbonyl (C=O) groups excluding carboxylic acids is 2. The van der Waals surface area contributed by atoms with E-state index in [0.29, 0.717) is 12.0 Å². The summed E-state index contributed by atoms with van der Waals surface area (Å²) in [4.78, 5) is 26.2. The first-order chi connectivity index (χ1) is 13.7. The summed E-state index contributed by atoms with van der Waals surface area (Å²) in [6.07, 6.45) is 3.88. The standard InChI is InChI=1S/C19H22N4O3S2/c24-16(13-4-1-5-14(10-13)23-8-2-7-17(23)25)12-27-19-22-21-18(28-19)20-11-15-6-3-9-26-15/h1,4-5,10,15H,2-3,6-9,11-12H2,(H,20,21). The number of nitrogens with one attached hydrogen (secondary N) is 1. The van der Waals surface area contributed by atoms with Crippen LogP contribution in [0.5, 0.6) is 0 Å². The third-order valence-corrected chi connectivity index (χ3v) is 6.81. The molecular weight excluding hydrogens is 396 g/mol. The molecule has 0 radical (unpaired) electrons. The Balaban J connectivity index is 1.30. The van der Waals surface area contributed by atoms with Gasteiger partial charge in [-0.3, -0.25) is 9.59 Å². The van der Waals surface area contributed by atoms with Crippen molar-refractivity contribution >= 4 is 45.6 Å². The number of benzene rings is 1. The molecule has 3 heterocycles. The zero-order valence-electron chi connectivity index (χ0n) is 15.4. The average molecular weight is 419 g/mol. The first kappa shape index (κ1) is 19.4. The molecule has 148 valence electrons. The molecule has 4 rings (SSSR count). The summed E-state index contributed by atoms with van der Waals surface area (Å²) in [6.45, 7) is 2.29. The van der Waals surface area contributed by atoms with Crippen LogP contribution >= 0.6 is 23.1 Å². The van der Waals surface area contributed by atoms with Crippen molar-refractivity contribution in [2.75, 3.05) is 35.7 Å². The molecule has 1 aromatic heterocycles. The minimum atomic E-state index is 0.0163. The van der Waals surface area contributed by atoms with Crippen molar-refractivity contribution in [3.8, 4) is 0 Å². The SMILES string of the molecule is O=C(CSc1nnc(NCC2CCCO2)s1)c1cccc(N2CCCC2=O)c1. The number of anilines is 2. The molecule has 9 heteroatoms. The fraction of sp³-hybridized carbons (Fsp3) is 0.474. The average Bonchev–Trinajstić information content (AvgIpc) is 3.46. The maximum absolute atomic E-state index is 12.6. The van der Waals surface area contributed by atoms with E-state index in [-0.39, 0.29) is 23.5 Å². The highest BCUT2D eigenvalue weighted by molar-refractivity contribution is 8.01. The van der Waals surface area contributed by atoms with Gasteiger partial charge in [0.15, 0.2) is 10.1 Å². The van der Waals surface area contributed by atoms with Gasteiger partial charge in [0, 0.05) is 37.4 Å². The Kier molecular flexibility index (Phi) is 6.23. The Morgan fingerprint density at radius 1 is 1.36 bits per heavy atom. The predicted octanol–water partition coefficient (Wildman–Crippen LogP) is 3.23. The zero-order chi connectivity index (χ0) is 19.3. The molecule has 7 nitrogen and oxygen atoms in total. The minimum absolute atomic E-state index is 0.0163. The summed E-state index contributed by atoms with van der Waals surface area (Å²) in [5.74, 6) is 0.427. The summed E-state index contributed by atoms with van der Waals surface area (Å²) in [6, 6.07) is 7.31. The lowest BCUT2D eigenvalue weighted by Crippen LogP contribution is -2.23. The van der Waals surface area contributed by atoms with Crippen LogP contribution in [0.2, 0.25) is 0 Å². The second kappa shape index (κ2) is 9.02. The maximum atomic E-state index is 12.6. The lowest BCUT2D eigenvalue weighted by atomic mass is 10.1. The molecule has 2 saturated heterocycles. The van der Waals surface area contributed by atoms with E-state index < -0.39 is 0 Å². The fourth-order valence-electron chi connectivity index (χ4n) is 3.33. The molecule has 1 atom stereocenters. The van der Waals surface area contributed by atoms with Gasteiger partial charge < -0.3 is 15.0 Å². The van der Waals surface area contributed by atoms with E-state index in [4.69, 9.17) is 4.74 Å². The number of amides is 1. The number of aromatic nitrogens is 2. The van der Waals surface area contributed by atoms with Crippen molar-refractivity contribution in [2.45, 2.75) is 36.1 Å². The summed E-state index contributed by atoms with van der Waals surface area (Å²) < 4.78 is 6.34. The van der Waals surface area contributed by atoms with Crippen LogP contribution in [0, 0.1) is 0 Å². The Morgan fingerprint density at radius 2 is 2.29 bits per heavy atom. The summed E-state index contributed by atoms with van der Waals surface area (Å²) in [5.41, 5.74) is 1.42. The minimum Gasteiger partial charge on any atom is -0.376 e. The van der Waals surface area contributed by atoms with Gasteiger partial charge in [-0.25, -0.2) is 0 Å². The van der Waals surface area contributed by atoms with E-state index in [1.165, 1.54) is 23.1 Å². The molecule has 2 aliphatic rings. The van der Waals surface area contributed by atoms with E-state index in [0.717, 1.165) is 54.1 Å². The molecule has 0 bridgehead atoms. The monoisotopic (exact) mass is 418 g/mol. The van der Waals surface area contributed by atoms with E-state index in [2.05, 4.69) is 15.5 Å². The number of thioether (sulfide) groups is 1. The first-order valence-electron chi connectivity index (χ1n) is 9.44. The van der Waals surface area contributed by atoms with Gasteiger partial charge in [-0.1, -0.05) is 35.2 Å². The second-order valence-corrected chi connectivity index (χ2v) is 9.00. The number of rotatable bonds is 8. The van der Waals surface area contributed by atoms with Crippen molar-refractivity contribution in [1.29, 1.82) is 0 Å². The Morgan fingerprint density at radius 3 is 3.07 bits per heavy atom. The maximum Gasteiger partial charge on any atom is 0.227 e. The summed E-state index contributed by atoms with van der Waals surface area (Å²) in [7, 11) is 0. The number of ketones is 1. The van der Waals surface area contributed by atoms with Crippen LogP contribution in [0.15, 0.2) is 28.6 Å². The van der Waals surface area contributed by atoms with Crippen LogP contribution < -0.4 is 10.2 Å². The predicted molar refractivity (Wildman–Crippen MR) is 110 cm³/mol. The molecular formula is C19H22N4O3S2. The molecule has 2 aliphatic heterocycles. The van der Waals surface area contributed by atoms with Crippen molar-refractivity contribution in [1.82, 2.24) is 10.2 Å². The van der Waals surface area contributed by atoms with Crippen molar-refractivity contribution in [3.05, 3.63) is 29.8 Å². The van der Waals surface area contributed by atoms with Gasteiger partial charge in [0.05, 0.1) is 11.9 Å². The van der Waals surface area contributed by atoms with Crippen molar-refractivity contribution in [2.24, 2.45) is 0 Å². The van der Waals surface area contributed by atoms with Gasteiger partial charge in [0.2, 0.25) is 11.0 Å². The molecule has 28 heavy (non-hydrogen) atoms. The highest BCUT2D eigenvalue weighted by Gasteiger charge is 2.22. The number of hydrogen-bond donors (Lipinski definition) is 1. The Labute approximate surface area is 171 Å². The second-order valence-electron chi connectivity index (χ2n) is 6.80. The van der Waals surface area contributed by atoms with E-state index >= 15 is 0 Å². The molecule has 0 saturated carbocycles. The Hall–Kier alpha value is -1.97. The third kappa shape index (κ3) is 4.71. The number of nitrogens with zero attached hydrogens (tertiary/aromatic N) is 3. The molecule has 2 fully saturated rings. The summed E-state index contributed by atoms with van der Waals surface area (Å²) in [5, 5.41) is 12.3. The molecule has 1 amide bonds. The fourth-order valence-corrected chi connectivity index (χ4v) is 4.98. The van der Waals surface area contributed by atoms with Gasteiger partial charge in [-0.15, -0.1) is 10.2 Å². The number of Topliss-reactive ketones (excluding diaryl/α,β-unsaturated/α-hetero) is 1. The van der Waals surface area contributed by atoms with Crippen LogP contribution in [-0.2, 0) is 9.53 Å². The highest BCUT2D eigenvalue weighted by atomic mass is 32.2. The molecule has 1 unspecified atom stereocenters. The van der Waals surface area contributed by atoms with E-state index in [9.17, 15) is 9.59 Å².